The molecule has 1 aromatic carbocycles. The lowest BCUT2D eigenvalue weighted by Crippen LogP contribution is -2.54. The number of pyridine rings is 1. The van der Waals surface area contributed by atoms with Crippen molar-refractivity contribution in [3.63, 3.8) is 0 Å². The molecule has 5 heteroatoms. The van der Waals surface area contributed by atoms with Crippen LogP contribution in [0, 0.1) is 0 Å². The number of piperidine rings is 2. The summed E-state index contributed by atoms with van der Waals surface area (Å²) in [6.45, 7) is 2.99. The van der Waals surface area contributed by atoms with E-state index in [2.05, 4.69) is 34.1 Å². The van der Waals surface area contributed by atoms with Gasteiger partial charge in [-0.25, -0.2) is 0 Å². The number of rotatable bonds is 4. The summed E-state index contributed by atoms with van der Waals surface area (Å²) in [4.78, 5) is 21.7. The molecule has 5 nitrogen and oxygen atoms in total. The summed E-state index contributed by atoms with van der Waals surface area (Å²) < 4.78 is 0. The number of nitrogens with zero attached hydrogens (tertiary/aromatic N) is 3. The first kappa shape index (κ1) is 19.1. The first-order valence-electron chi connectivity index (χ1n) is 10.4. The summed E-state index contributed by atoms with van der Waals surface area (Å²) >= 11 is 0. The van der Waals surface area contributed by atoms with Crippen molar-refractivity contribution < 1.29 is 9.90 Å². The highest BCUT2D eigenvalue weighted by atomic mass is 16.3. The molecule has 1 atom stereocenters. The first-order valence-corrected chi connectivity index (χ1v) is 10.4. The fraction of sp³-hybridized carbons (Fsp3) is 0.478. The average Bonchev–Trinajstić information content (AvgIpc) is 2.76. The molecule has 1 aromatic heterocycles. The second-order valence-electron chi connectivity index (χ2n) is 8.07. The van der Waals surface area contributed by atoms with Gasteiger partial charge in [0.2, 0.25) is 5.91 Å². The van der Waals surface area contributed by atoms with E-state index in [9.17, 15) is 9.90 Å². The highest BCUT2D eigenvalue weighted by Crippen LogP contribution is 2.33. The van der Waals surface area contributed by atoms with Crippen LogP contribution in [0.1, 0.15) is 43.2 Å². The fourth-order valence-corrected chi connectivity index (χ4v) is 4.51. The SMILES string of the molecule is O=C([C@H]1CCCCN1Cc1ccccc1)N1CCC(O)(c2cccnc2)CC1. The van der Waals surface area contributed by atoms with Crippen LogP contribution in [0.2, 0.25) is 0 Å². The minimum Gasteiger partial charge on any atom is -0.385 e. The molecule has 2 saturated heterocycles. The number of carbonyl (C=O) groups excluding carboxylic acids is 1. The van der Waals surface area contributed by atoms with Gasteiger partial charge >= 0.3 is 0 Å². The van der Waals surface area contributed by atoms with Crippen molar-refractivity contribution in [1.29, 1.82) is 0 Å². The molecule has 0 radical (unpaired) electrons. The van der Waals surface area contributed by atoms with Crippen LogP contribution in [-0.2, 0) is 16.9 Å². The smallest absolute Gasteiger partial charge is 0.239 e. The predicted molar refractivity (Wildman–Crippen MR) is 108 cm³/mol. The Morgan fingerprint density at radius 2 is 1.86 bits per heavy atom. The second-order valence-corrected chi connectivity index (χ2v) is 8.07. The molecule has 0 spiro atoms. The van der Waals surface area contributed by atoms with Crippen LogP contribution in [0.5, 0.6) is 0 Å². The average molecular weight is 380 g/mol. The Hall–Kier alpha value is -2.24. The van der Waals surface area contributed by atoms with E-state index in [-0.39, 0.29) is 11.9 Å². The summed E-state index contributed by atoms with van der Waals surface area (Å²) in [7, 11) is 0. The zero-order chi connectivity index (χ0) is 19.4. The van der Waals surface area contributed by atoms with Crippen LogP contribution in [0.25, 0.3) is 0 Å². The van der Waals surface area contributed by atoms with Crippen molar-refractivity contribution in [2.75, 3.05) is 19.6 Å². The second kappa shape index (κ2) is 8.41. The Balaban J connectivity index is 1.41. The first-order chi connectivity index (χ1) is 13.7. The third-order valence-electron chi connectivity index (χ3n) is 6.23. The van der Waals surface area contributed by atoms with Crippen LogP contribution >= 0.6 is 0 Å². The lowest BCUT2D eigenvalue weighted by molar-refractivity contribution is -0.143. The maximum absolute atomic E-state index is 13.3. The van der Waals surface area contributed by atoms with Gasteiger partial charge in [-0.1, -0.05) is 42.8 Å². The topological polar surface area (TPSA) is 56.7 Å². The third-order valence-corrected chi connectivity index (χ3v) is 6.23. The summed E-state index contributed by atoms with van der Waals surface area (Å²) in [6.07, 6.45) is 7.77. The molecule has 28 heavy (non-hydrogen) atoms. The summed E-state index contributed by atoms with van der Waals surface area (Å²) in [5, 5.41) is 11.0. The molecule has 0 bridgehead atoms. The monoisotopic (exact) mass is 379 g/mol. The number of likely N-dealkylation sites (tertiary alicyclic amines) is 2. The molecule has 1 N–H and O–H groups in total. The maximum Gasteiger partial charge on any atom is 0.239 e. The van der Waals surface area contributed by atoms with E-state index in [1.54, 1.807) is 12.4 Å². The van der Waals surface area contributed by atoms with Crippen molar-refractivity contribution in [3.8, 4) is 0 Å². The Kier molecular flexibility index (Phi) is 5.74. The number of hydrogen-bond donors (Lipinski definition) is 1. The number of hydrogen-bond acceptors (Lipinski definition) is 4. The van der Waals surface area contributed by atoms with Gasteiger partial charge in [0.15, 0.2) is 0 Å². The quantitative estimate of drug-likeness (QED) is 0.887. The van der Waals surface area contributed by atoms with E-state index in [0.717, 1.165) is 37.9 Å². The molecule has 2 aliphatic rings. The van der Waals surface area contributed by atoms with Gasteiger partial charge in [-0.15, -0.1) is 0 Å². The molecule has 4 rings (SSSR count). The van der Waals surface area contributed by atoms with E-state index in [4.69, 9.17) is 0 Å². The van der Waals surface area contributed by atoms with Gasteiger partial charge in [0, 0.05) is 37.6 Å². The van der Waals surface area contributed by atoms with Crippen molar-refractivity contribution in [3.05, 3.63) is 66.0 Å². The van der Waals surface area contributed by atoms with Gasteiger partial charge in [0.25, 0.3) is 0 Å². The molecular formula is C23H29N3O2. The molecule has 1 amide bonds. The third kappa shape index (κ3) is 4.10. The van der Waals surface area contributed by atoms with Crippen molar-refractivity contribution in [1.82, 2.24) is 14.8 Å². The van der Waals surface area contributed by atoms with Crippen molar-refractivity contribution in [2.45, 2.75) is 50.3 Å². The number of aliphatic hydroxyl groups is 1. The van der Waals surface area contributed by atoms with Crippen LogP contribution in [0.15, 0.2) is 54.9 Å². The van der Waals surface area contributed by atoms with Crippen LogP contribution in [0.4, 0.5) is 0 Å². The molecule has 2 aliphatic heterocycles. The Labute approximate surface area is 167 Å². The van der Waals surface area contributed by atoms with E-state index < -0.39 is 5.60 Å². The number of amides is 1. The van der Waals surface area contributed by atoms with Crippen LogP contribution in [-0.4, -0.2) is 51.5 Å². The van der Waals surface area contributed by atoms with Crippen molar-refractivity contribution in [2.24, 2.45) is 0 Å². The molecule has 0 saturated carbocycles. The van der Waals surface area contributed by atoms with Gasteiger partial charge in [0.05, 0.1) is 11.6 Å². The lowest BCUT2D eigenvalue weighted by atomic mass is 9.85. The predicted octanol–water partition coefficient (Wildman–Crippen LogP) is 2.95. The highest BCUT2D eigenvalue weighted by Gasteiger charge is 2.38. The number of benzene rings is 1. The lowest BCUT2D eigenvalue weighted by Gasteiger charge is -2.42. The Morgan fingerprint density at radius 3 is 2.57 bits per heavy atom. The van der Waals surface area contributed by atoms with E-state index >= 15 is 0 Å². The molecule has 2 aromatic rings. The van der Waals surface area contributed by atoms with Gasteiger partial charge in [0.1, 0.15) is 0 Å². The fourth-order valence-electron chi connectivity index (χ4n) is 4.51. The van der Waals surface area contributed by atoms with Crippen LogP contribution < -0.4 is 0 Å². The molecular weight excluding hydrogens is 350 g/mol. The zero-order valence-corrected chi connectivity index (χ0v) is 16.3. The summed E-state index contributed by atoms with van der Waals surface area (Å²) in [6, 6.07) is 14.1. The summed E-state index contributed by atoms with van der Waals surface area (Å²) in [5.41, 5.74) is 1.23. The molecule has 148 valence electrons. The Bertz CT molecular complexity index is 773. The molecule has 2 fully saturated rings. The van der Waals surface area contributed by atoms with E-state index in [1.165, 1.54) is 5.56 Å². The van der Waals surface area contributed by atoms with Crippen LogP contribution in [0.3, 0.4) is 0 Å². The zero-order valence-electron chi connectivity index (χ0n) is 16.3. The highest BCUT2D eigenvalue weighted by molar-refractivity contribution is 5.82. The van der Waals surface area contributed by atoms with Gasteiger partial charge in [-0.3, -0.25) is 14.7 Å². The van der Waals surface area contributed by atoms with Gasteiger partial charge < -0.3 is 10.0 Å². The maximum atomic E-state index is 13.3. The van der Waals surface area contributed by atoms with E-state index in [1.807, 2.05) is 23.1 Å². The molecule has 0 unspecified atom stereocenters. The standard InChI is InChI=1S/C23H29N3O2/c27-22(21-10-4-5-14-26(21)18-19-7-2-1-3-8-19)25-15-11-23(28,12-16-25)20-9-6-13-24-17-20/h1-3,6-9,13,17,21,28H,4-5,10-12,14-16,18H2/t21-/m1/s1. The minimum absolute atomic E-state index is 0.0430. The Morgan fingerprint density at radius 1 is 1.07 bits per heavy atom. The number of aromatic nitrogens is 1. The largest absolute Gasteiger partial charge is 0.385 e. The van der Waals surface area contributed by atoms with Gasteiger partial charge in [-0.05, 0) is 43.9 Å². The minimum atomic E-state index is -0.874. The van der Waals surface area contributed by atoms with Crippen molar-refractivity contribution >= 4 is 5.91 Å². The van der Waals surface area contributed by atoms with Gasteiger partial charge in [-0.2, -0.15) is 0 Å². The molecule has 0 aliphatic carbocycles. The van der Waals surface area contributed by atoms with E-state index in [0.29, 0.717) is 25.9 Å². The molecule has 3 heterocycles. The summed E-state index contributed by atoms with van der Waals surface area (Å²) in [5.74, 6) is 0.226. The normalized spacial score (nSPS) is 22.8. The number of carbonyl (C=O) groups is 1.